The summed E-state index contributed by atoms with van der Waals surface area (Å²) in [5.74, 6) is 0.946. The number of aromatic hydroxyl groups is 1. The molecule has 1 saturated heterocycles. The van der Waals surface area contributed by atoms with E-state index in [9.17, 15) is 19.5 Å². The Kier molecular flexibility index (Phi) is 5.60. The maximum Gasteiger partial charge on any atom is 0.335 e. The van der Waals surface area contributed by atoms with Crippen molar-refractivity contribution < 1.29 is 19.5 Å². The van der Waals surface area contributed by atoms with Crippen LogP contribution < -0.4 is 10.2 Å². The van der Waals surface area contributed by atoms with E-state index in [1.54, 1.807) is 12.1 Å². The number of phenols is 1. The van der Waals surface area contributed by atoms with Crippen LogP contribution in [0.5, 0.6) is 5.75 Å². The second-order valence-electron chi connectivity index (χ2n) is 10.5. The van der Waals surface area contributed by atoms with Gasteiger partial charge < -0.3 is 5.11 Å². The molecule has 0 radical (unpaired) electrons. The monoisotopic (exact) mass is 646 g/mol. The van der Waals surface area contributed by atoms with Crippen molar-refractivity contribution >= 4 is 68.1 Å². The van der Waals surface area contributed by atoms with Gasteiger partial charge in [0.05, 0.1) is 9.26 Å². The number of imide groups is 2. The molecule has 4 aliphatic carbocycles. The van der Waals surface area contributed by atoms with Gasteiger partial charge in [0.25, 0.3) is 11.8 Å². The van der Waals surface area contributed by atoms with Crippen LogP contribution in [0.1, 0.15) is 49.7 Å². The Hall–Kier alpha value is -2.20. The van der Waals surface area contributed by atoms with Gasteiger partial charge in [-0.3, -0.25) is 14.9 Å². The fraction of sp³-hybridized carbons (Fsp3) is 0.370. The third kappa shape index (κ3) is 3.93. The molecule has 2 N–H and O–H groups in total. The molecule has 0 unspecified atom stereocenters. The summed E-state index contributed by atoms with van der Waals surface area (Å²) in [6.07, 6.45) is 9.14. The number of amides is 4. The van der Waals surface area contributed by atoms with Crippen molar-refractivity contribution in [2.45, 2.75) is 43.9 Å². The van der Waals surface area contributed by atoms with Crippen LogP contribution in [0.3, 0.4) is 0 Å². The number of hydrogen-bond donors (Lipinski definition) is 2. The van der Waals surface area contributed by atoms with Crippen molar-refractivity contribution in [1.82, 2.24) is 5.32 Å². The SMILES string of the molecule is O=C1NC(=O)N(c2ccc(C34CC5CC(CC(C5)C3)C4)cc2)C(=O)/C1=C\c1cc(Br)cc(I)c1O. The van der Waals surface area contributed by atoms with Crippen molar-refractivity contribution in [3.63, 3.8) is 0 Å². The molecule has 4 bridgehead atoms. The molecule has 0 aromatic heterocycles. The van der Waals surface area contributed by atoms with Gasteiger partial charge in [0.2, 0.25) is 0 Å². The maximum absolute atomic E-state index is 13.3. The Bertz CT molecular complexity index is 1270. The lowest BCUT2D eigenvalue weighted by Crippen LogP contribution is -2.54. The van der Waals surface area contributed by atoms with E-state index in [0.717, 1.165) is 22.7 Å². The molecule has 1 heterocycles. The second-order valence-corrected chi connectivity index (χ2v) is 12.6. The van der Waals surface area contributed by atoms with Crippen LogP contribution in [-0.4, -0.2) is 23.0 Å². The van der Waals surface area contributed by atoms with Gasteiger partial charge in [-0.25, -0.2) is 9.69 Å². The zero-order valence-electron chi connectivity index (χ0n) is 18.9. The molecule has 35 heavy (non-hydrogen) atoms. The van der Waals surface area contributed by atoms with Crippen LogP contribution in [0.25, 0.3) is 6.08 Å². The Labute approximate surface area is 225 Å². The molecule has 7 rings (SSSR count). The molecule has 180 valence electrons. The third-order valence-electron chi connectivity index (χ3n) is 8.24. The third-order valence-corrected chi connectivity index (χ3v) is 9.52. The van der Waals surface area contributed by atoms with Crippen LogP contribution >= 0.6 is 38.5 Å². The number of phenolic OH excluding ortho intramolecular Hbond substituents is 1. The molecule has 5 aliphatic rings. The fourth-order valence-corrected chi connectivity index (χ4v) is 8.72. The summed E-state index contributed by atoms with van der Waals surface area (Å²) in [6.45, 7) is 0. The number of carbonyl (C=O) groups excluding carboxylic acids is 3. The number of hydrogen-bond acceptors (Lipinski definition) is 4. The molecule has 0 atom stereocenters. The smallest absolute Gasteiger partial charge is 0.335 e. The molecular formula is C27H24BrIN2O4. The standard InChI is InChI=1S/C27H24BrIN2O4/c28-19-8-17(23(32)22(29)10-19)9-21-24(33)30-26(35)31(25(21)34)20-3-1-18(2-4-20)27-11-14-5-15(12-27)7-16(6-14)13-27/h1-4,8-10,14-16,32H,5-7,11-13H2,(H,30,33,35)/b21-9-. The molecule has 4 saturated carbocycles. The highest BCUT2D eigenvalue weighted by Gasteiger charge is 2.51. The van der Waals surface area contributed by atoms with E-state index in [1.807, 2.05) is 34.7 Å². The summed E-state index contributed by atoms with van der Waals surface area (Å²) in [5.41, 5.74) is 2.04. The highest BCUT2D eigenvalue weighted by molar-refractivity contribution is 14.1. The minimum Gasteiger partial charge on any atom is -0.506 e. The molecular weight excluding hydrogens is 623 g/mol. The van der Waals surface area contributed by atoms with Crippen LogP contribution in [-0.2, 0) is 15.0 Å². The zero-order valence-corrected chi connectivity index (χ0v) is 22.6. The Morgan fingerprint density at radius 1 is 1.00 bits per heavy atom. The summed E-state index contributed by atoms with van der Waals surface area (Å²) in [4.78, 5) is 39.5. The van der Waals surface area contributed by atoms with Gasteiger partial charge in [-0.05, 0) is 120 Å². The van der Waals surface area contributed by atoms with Crippen molar-refractivity contribution in [1.29, 1.82) is 0 Å². The first-order chi connectivity index (χ1) is 16.7. The predicted molar refractivity (Wildman–Crippen MR) is 144 cm³/mol. The molecule has 5 fully saturated rings. The number of rotatable bonds is 3. The summed E-state index contributed by atoms with van der Waals surface area (Å²) in [5, 5.41) is 12.7. The average Bonchev–Trinajstić information content (AvgIpc) is 2.79. The fourth-order valence-electron chi connectivity index (χ4n) is 7.17. The molecule has 6 nitrogen and oxygen atoms in total. The lowest BCUT2D eigenvalue weighted by Gasteiger charge is -2.57. The van der Waals surface area contributed by atoms with Crippen LogP contribution in [0, 0.1) is 21.3 Å². The van der Waals surface area contributed by atoms with Crippen molar-refractivity contribution in [2.75, 3.05) is 4.90 Å². The molecule has 1 aliphatic heterocycles. The van der Waals surface area contributed by atoms with E-state index in [-0.39, 0.29) is 16.7 Å². The van der Waals surface area contributed by atoms with E-state index >= 15 is 0 Å². The summed E-state index contributed by atoms with van der Waals surface area (Å²) in [6, 6.07) is 10.3. The van der Waals surface area contributed by atoms with E-state index in [0.29, 0.717) is 19.3 Å². The lowest BCUT2D eigenvalue weighted by molar-refractivity contribution is -0.122. The Morgan fingerprint density at radius 2 is 1.60 bits per heavy atom. The van der Waals surface area contributed by atoms with Gasteiger partial charge in [-0.15, -0.1) is 0 Å². The highest BCUT2D eigenvalue weighted by Crippen LogP contribution is 2.60. The van der Waals surface area contributed by atoms with Gasteiger partial charge >= 0.3 is 6.03 Å². The van der Waals surface area contributed by atoms with Gasteiger partial charge in [0.15, 0.2) is 0 Å². The van der Waals surface area contributed by atoms with E-state index in [2.05, 4.69) is 33.4 Å². The molecule has 2 aromatic rings. The summed E-state index contributed by atoms with van der Waals surface area (Å²) in [7, 11) is 0. The largest absolute Gasteiger partial charge is 0.506 e. The summed E-state index contributed by atoms with van der Waals surface area (Å²) >= 11 is 5.34. The zero-order chi connectivity index (χ0) is 24.5. The Balaban J connectivity index is 1.31. The topological polar surface area (TPSA) is 86.7 Å². The number of anilines is 1. The predicted octanol–water partition coefficient (Wildman–Crippen LogP) is 5.89. The average molecular weight is 647 g/mol. The minimum atomic E-state index is -0.782. The van der Waals surface area contributed by atoms with E-state index in [1.165, 1.54) is 50.2 Å². The van der Waals surface area contributed by atoms with Crippen molar-refractivity contribution in [3.05, 3.63) is 61.1 Å². The van der Waals surface area contributed by atoms with Crippen LogP contribution in [0.2, 0.25) is 0 Å². The number of nitrogens with one attached hydrogen (secondary N) is 1. The summed E-state index contributed by atoms with van der Waals surface area (Å²) < 4.78 is 1.27. The normalized spacial score (nSPS) is 30.8. The maximum atomic E-state index is 13.3. The molecule has 0 spiro atoms. The van der Waals surface area contributed by atoms with E-state index in [4.69, 9.17) is 0 Å². The molecule has 2 aromatic carbocycles. The Morgan fingerprint density at radius 3 is 2.20 bits per heavy atom. The van der Waals surface area contributed by atoms with Gasteiger partial charge in [-0.2, -0.15) is 0 Å². The minimum absolute atomic E-state index is 0.0368. The van der Waals surface area contributed by atoms with Gasteiger partial charge in [0, 0.05) is 10.0 Å². The number of halogens is 2. The number of nitrogens with zero attached hydrogens (tertiary/aromatic N) is 1. The van der Waals surface area contributed by atoms with Crippen LogP contribution in [0.15, 0.2) is 46.4 Å². The lowest BCUT2D eigenvalue weighted by atomic mass is 9.48. The van der Waals surface area contributed by atoms with E-state index < -0.39 is 17.8 Å². The number of barbiturate groups is 1. The van der Waals surface area contributed by atoms with Crippen LogP contribution in [0.4, 0.5) is 10.5 Å². The second kappa shape index (κ2) is 8.44. The van der Waals surface area contributed by atoms with Crippen molar-refractivity contribution in [3.8, 4) is 5.75 Å². The molecule has 8 heteroatoms. The number of carbonyl (C=O) groups is 3. The first-order valence-electron chi connectivity index (χ1n) is 11.9. The van der Waals surface area contributed by atoms with Gasteiger partial charge in [-0.1, -0.05) is 28.1 Å². The first-order valence-corrected chi connectivity index (χ1v) is 13.8. The first kappa shape index (κ1) is 23.2. The van der Waals surface area contributed by atoms with Crippen molar-refractivity contribution in [2.24, 2.45) is 17.8 Å². The number of urea groups is 1. The highest BCUT2D eigenvalue weighted by atomic mass is 127. The van der Waals surface area contributed by atoms with Gasteiger partial charge in [0.1, 0.15) is 11.3 Å². The quantitative estimate of drug-likeness (QED) is 0.247. The number of benzene rings is 2. The molecule has 4 amide bonds.